The number of tetrazole rings is 1. The van der Waals surface area contributed by atoms with Crippen LogP contribution in [0.3, 0.4) is 0 Å². The van der Waals surface area contributed by atoms with Gasteiger partial charge in [-0.25, -0.2) is 4.68 Å². The van der Waals surface area contributed by atoms with E-state index in [1.54, 1.807) is 0 Å². The van der Waals surface area contributed by atoms with Crippen LogP contribution in [0.15, 0.2) is 23.0 Å². The number of benzene rings is 1. The fraction of sp³-hybridized carbons (Fsp3) is 0.565. The summed E-state index contributed by atoms with van der Waals surface area (Å²) < 4.78 is 7.67. The molecule has 0 aliphatic carbocycles. The summed E-state index contributed by atoms with van der Waals surface area (Å²) in [7, 11) is 0. The van der Waals surface area contributed by atoms with E-state index in [4.69, 9.17) is 4.74 Å². The number of fused-ring (bicyclic) bond motifs is 1. The van der Waals surface area contributed by atoms with Gasteiger partial charge in [-0.05, 0) is 86.1 Å². The molecule has 0 radical (unpaired) electrons. The molecule has 1 N–H and O–H groups in total. The largest absolute Gasteiger partial charge is 0.376 e. The highest BCUT2D eigenvalue weighted by Crippen LogP contribution is 2.30. The van der Waals surface area contributed by atoms with Crippen molar-refractivity contribution in [1.82, 2.24) is 30.1 Å². The molecule has 8 nitrogen and oxygen atoms in total. The number of aromatic nitrogens is 5. The Hall–Kier alpha value is -2.58. The van der Waals surface area contributed by atoms with Gasteiger partial charge in [0.2, 0.25) is 0 Å². The average Bonchev–Trinajstić information content (AvgIpc) is 3.43. The van der Waals surface area contributed by atoms with Gasteiger partial charge in [0.1, 0.15) is 6.04 Å². The van der Waals surface area contributed by atoms with Crippen molar-refractivity contribution >= 4 is 10.9 Å². The molecule has 2 saturated heterocycles. The van der Waals surface area contributed by atoms with Crippen molar-refractivity contribution in [2.45, 2.75) is 64.6 Å². The molecule has 0 spiro atoms. The number of nitrogens with one attached hydrogen (secondary N) is 1. The van der Waals surface area contributed by atoms with Crippen LogP contribution >= 0.6 is 0 Å². The number of aryl methyl sites for hydroxylation is 2. The Morgan fingerprint density at radius 1 is 1.16 bits per heavy atom. The normalized spacial score (nSPS) is 21.0. The van der Waals surface area contributed by atoms with E-state index in [0.717, 1.165) is 67.7 Å². The van der Waals surface area contributed by atoms with Gasteiger partial charge < -0.3 is 9.72 Å². The lowest BCUT2D eigenvalue weighted by Gasteiger charge is -2.33. The van der Waals surface area contributed by atoms with Crippen LogP contribution in [0, 0.1) is 13.8 Å². The monoisotopic (exact) mass is 422 g/mol. The van der Waals surface area contributed by atoms with Crippen LogP contribution in [-0.4, -0.2) is 55.9 Å². The first-order valence-corrected chi connectivity index (χ1v) is 11.4. The van der Waals surface area contributed by atoms with Crippen LogP contribution in [0.25, 0.3) is 10.9 Å². The lowest BCUT2D eigenvalue weighted by molar-refractivity contribution is 0.0902. The standard InChI is InChI=1S/C23H30N6O2/c1-15-11-16(2)20-17(12-15)13-19(23(30)24-20)21(28-8-4-3-5-9-28)22-25-26-27-29(22)14-18-7-6-10-31-18/h11-13,18,21H,3-10,14H2,1-2H3,(H,24,30)/t18-,21-/m0/s1. The smallest absolute Gasteiger partial charge is 0.253 e. The molecular formula is C23H30N6O2. The van der Waals surface area contributed by atoms with Gasteiger partial charge in [0.25, 0.3) is 5.56 Å². The van der Waals surface area contributed by atoms with Crippen molar-refractivity contribution in [3.63, 3.8) is 0 Å². The van der Waals surface area contributed by atoms with Gasteiger partial charge in [0.15, 0.2) is 5.82 Å². The molecule has 2 fully saturated rings. The zero-order valence-electron chi connectivity index (χ0n) is 18.3. The molecule has 2 aromatic heterocycles. The van der Waals surface area contributed by atoms with Crippen LogP contribution < -0.4 is 5.56 Å². The number of likely N-dealkylation sites (tertiary alicyclic amines) is 1. The minimum Gasteiger partial charge on any atom is -0.376 e. The van der Waals surface area contributed by atoms with E-state index in [0.29, 0.717) is 12.1 Å². The van der Waals surface area contributed by atoms with Gasteiger partial charge in [-0.3, -0.25) is 9.69 Å². The molecule has 3 aromatic rings. The number of ether oxygens (including phenoxy) is 1. The number of H-pyrrole nitrogens is 1. The predicted molar refractivity (Wildman–Crippen MR) is 118 cm³/mol. The van der Waals surface area contributed by atoms with Crippen LogP contribution in [0.1, 0.15) is 60.7 Å². The van der Waals surface area contributed by atoms with Crippen molar-refractivity contribution < 1.29 is 4.74 Å². The third-order valence-corrected chi connectivity index (χ3v) is 6.58. The highest BCUT2D eigenvalue weighted by molar-refractivity contribution is 5.83. The third kappa shape index (κ3) is 4.02. The van der Waals surface area contributed by atoms with Gasteiger partial charge in [0.05, 0.1) is 18.2 Å². The summed E-state index contributed by atoms with van der Waals surface area (Å²) in [5.41, 5.74) is 3.80. The molecule has 5 rings (SSSR count). The van der Waals surface area contributed by atoms with Gasteiger partial charge in [-0.2, -0.15) is 0 Å². The lowest BCUT2D eigenvalue weighted by Crippen LogP contribution is -2.39. The van der Waals surface area contributed by atoms with Crippen LogP contribution in [-0.2, 0) is 11.3 Å². The summed E-state index contributed by atoms with van der Waals surface area (Å²) >= 11 is 0. The van der Waals surface area contributed by atoms with Crippen molar-refractivity contribution in [2.24, 2.45) is 0 Å². The Kier molecular flexibility index (Phi) is 5.58. The molecule has 0 bridgehead atoms. The van der Waals surface area contributed by atoms with Gasteiger partial charge in [-0.15, -0.1) is 5.10 Å². The van der Waals surface area contributed by atoms with Gasteiger partial charge >= 0.3 is 0 Å². The zero-order chi connectivity index (χ0) is 21.4. The maximum atomic E-state index is 13.3. The van der Waals surface area contributed by atoms with Gasteiger partial charge in [0, 0.05) is 12.2 Å². The number of hydrogen-bond donors (Lipinski definition) is 1. The van der Waals surface area contributed by atoms with E-state index in [2.05, 4.69) is 44.5 Å². The first kappa shape index (κ1) is 20.3. The highest BCUT2D eigenvalue weighted by Gasteiger charge is 2.32. The summed E-state index contributed by atoms with van der Waals surface area (Å²) in [4.78, 5) is 18.8. The van der Waals surface area contributed by atoms with E-state index in [1.165, 1.54) is 12.0 Å². The van der Waals surface area contributed by atoms with Crippen LogP contribution in [0.2, 0.25) is 0 Å². The van der Waals surface area contributed by atoms with Crippen molar-refractivity contribution in [2.75, 3.05) is 19.7 Å². The maximum absolute atomic E-state index is 13.3. The average molecular weight is 423 g/mol. The molecule has 0 amide bonds. The Bertz CT molecular complexity index is 1120. The van der Waals surface area contributed by atoms with Crippen LogP contribution in [0.4, 0.5) is 0 Å². The topological polar surface area (TPSA) is 88.9 Å². The molecule has 31 heavy (non-hydrogen) atoms. The first-order chi connectivity index (χ1) is 15.1. The molecule has 2 aliphatic heterocycles. The van der Waals surface area contributed by atoms with Crippen LogP contribution in [0.5, 0.6) is 0 Å². The Morgan fingerprint density at radius 3 is 2.77 bits per heavy atom. The summed E-state index contributed by atoms with van der Waals surface area (Å²) in [6.07, 6.45) is 5.67. The minimum atomic E-state index is -0.273. The molecule has 0 unspecified atom stereocenters. The highest BCUT2D eigenvalue weighted by atomic mass is 16.5. The minimum absolute atomic E-state index is 0.0679. The molecule has 2 aliphatic rings. The molecule has 4 heterocycles. The van der Waals surface area contributed by atoms with Crippen molar-refractivity contribution in [3.8, 4) is 0 Å². The number of piperidine rings is 1. The Balaban J connectivity index is 1.62. The predicted octanol–water partition coefficient (Wildman–Crippen LogP) is 2.89. The van der Waals surface area contributed by atoms with E-state index in [9.17, 15) is 4.79 Å². The summed E-state index contributed by atoms with van der Waals surface area (Å²) in [5, 5.41) is 13.7. The second-order valence-corrected chi connectivity index (χ2v) is 8.95. The van der Waals surface area contributed by atoms with E-state index in [-0.39, 0.29) is 17.7 Å². The second kappa shape index (κ2) is 8.51. The fourth-order valence-electron chi connectivity index (χ4n) is 5.10. The molecule has 1 aromatic carbocycles. The van der Waals surface area contributed by atoms with Crippen molar-refractivity contribution in [3.05, 3.63) is 51.1 Å². The van der Waals surface area contributed by atoms with E-state index in [1.807, 2.05) is 17.7 Å². The van der Waals surface area contributed by atoms with Crippen molar-refractivity contribution in [1.29, 1.82) is 0 Å². The molecular weight excluding hydrogens is 392 g/mol. The number of hydrogen-bond acceptors (Lipinski definition) is 6. The first-order valence-electron chi connectivity index (χ1n) is 11.4. The lowest BCUT2D eigenvalue weighted by atomic mass is 9.99. The Morgan fingerprint density at radius 2 is 2.00 bits per heavy atom. The second-order valence-electron chi connectivity index (χ2n) is 8.95. The fourth-order valence-corrected chi connectivity index (χ4v) is 5.10. The molecule has 0 saturated carbocycles. The van der Waals surface area contributed by atoms with Gasteiger partial charge in [-0.1, -0.05) is 18.1 Å². The summed E-state index contributed by atoms with van der Waals surface area (Å²) in [5.74, 6) is 0.728. The number of nitrogens with zero attached hydrogens (tertiary/aromatic N) is 5. The SMILES string of the molecule is Cc1cc(C)c2[nH]c(=O)c([C@@H](c3nnnn3C[C@@H]3CCCO3)N3CCCCC3)cc2c1. The maximum Gasteiger partial charge on any atom is 0.253 e. The third-order valence-electron chi connectivity index (χ3n) is 6.58. The molecule has 164 valence electrons. The zero-order valence-corrected chi connectivity index (χ0v) is 18.3. The van der Waals surface area contributed by atoms with E-state index < -0.39 is 0 Å². The van der Waals surface area contributed by atoms with E-state index >= 15 is 0 Å². The summed E-state index contributed by atoms with van der Waals surface area (Å²) in [6.45, 7) is 7.40. The summed E-state index contributed by atoms with van der Waals surface area (Å²) in [6, 6.07) is 6.00. The number of pyridine rings is 1. The number of aromatic amines is 1. The molecule has 2 atom stereocenters. The molecule has 8 heteroatoms. The Labute approximate surface area is 181 Å². The quantitative estimate of drug-likeness (QED) is 0.680. The number of rotatable bonds is 5.